The standard InChI is InChI=1S/C9H18NOP/c1-7-9(12-11,10(7)5)6-8(2,3)4/h7H,6H2,1-5H3. The van der Waals surface area contributed by atoms with Gasteiger partial charge in [-0.1, -0.05) is 20.8 Å². The smallest absolute Gasteiger partial charge is 0.179 e. The zero-order chi connectivity index (χ0) is 9.57. The summed E-state index contributed by atoms with van der Waals surface area (Å²) in [7, 11) is 2.32. The molecule has 0 aromatic rings. The SMILES string of the molecule is CC1N(C)C1(CC(C)(C)C)P=O. The lowest BCUT2D eigenvalue weighted by Gasteiger charge is -2.21. The molecule has 1 saturated heterocycles. The largest absolute Gasteiger partial charge is 0.284 e. The molecule has 1 rings (SSSR count). The van der Waals surface area contributed by atoms with Crippen molar-refractivity contribution in [2.45, 2.75) is 45.4 Å². The fraction of sp³-hybridized carbons (Fsp3) is 1.00. The molecule has 2 nitrogen and oxygen atoms in total. The first-order valence-corrected chi connectivity index (χ1v) is 5.22. The van der Waals surface area contributed by atoms with E-state index < -0.39 is 0 Å². The third-order valence-electron chi connectivity index (χ3n) is 2.74. The number of rotatable bonds is 2. The maximum absolute atomic E-state index is 11.0. The molecular formula is C9H18NOP. The summed E-state index contributed by atoms with van der Waals surface area (Å²) >= 11 is 0. The Kier molecular flexibility index (Phi) is 2.35. The zero-order valence-electron chi connectivity index (χ0n) is 8.59. The summed E-state index contributed by atoms with van der Waals surface area (Å²) in [5.74, 6) is 0. The van der Waals surface area contributed by atoms with Crippen molar-refractivity contribution in [3.05, 3.63) is 0 Å². The Balaban J connectivity index is 2.67. The van der Waals surface area contributed by atoms with Gasteiger partial charge in [-0.2, -0.15) is 0 Å². The van der Waals surface area contributed by atoms with Crippen LogP contribution >= 0.6 is 8.46 Å². The van der Waals surface area contributed by atoms with Crippen LogP contribution in [0.5, 0.6) is 0 Å². The molecule has 0 spiro atoms. The highest BCUT2D eigenvalue weighted by atomic mass is 31.1. The minimum atomic E-state index is -0.0573. The van der Waals surface area contributed by atoms with E-state index >= 15 is 0 Å². The van der Waals surface area contributed by atoms with Crippen LogP contribution in [0.1, 0.15) is 34.1 Å². The molecule has 0 bridgehead atoms. The lowest BCUT2D eigenvalue weighted by molar-refractivity contribution is 0.334. The molecule has 0 aliphatic carbocycles. The van der Waals surface area contributed by atoms with Gasteiger partial charge in [0.2, 0.25) is 0 Å². The van der Waals surface area contributed by atoms with E-state index in [1.54, 1.807) is 0 Å². The second-order valence-corrected chi connectivity index (χ2v) is 5.95. The molecule has 3 heteroatoms. The molecule has 1 heterocycles. The van der Waals surface area contributed by atoms with E-state index in [4.69, 9.17) is 0 Å². The average Bonchev–Trinajstić information content (AvgIpc) is 2.39. The van der Waals surface area contributed by atoms with Gasteiger partial charge in [-0.05, 0) is 25.8 Å². The van der Waals surface area contributed by atoms with E-state index in [1.807, 2.05) is 7.05 Å². The van der Waals surface area contributed by atoms with Crippen LogP contribution in [0.4, 0.5) is 0 Å². The second kappa shape index (κ2) is 2.78. The Bertz CT molecular complexity index is 189. The molecular weight excluding hydrogens is 169 g/mol. The Morgan fingerprint density at radius 3 is 2.00 bits per heavy atom. The molecule has 1 fully saturated rings. The molecule has 0 amide bonds. The summed E-state index contributed by atoms with van der Waals surface area (Å²) in [6.45, 7) is 8.72. The third-order valence-corrected chi connectivity index (χ3v) is 3.91. The molecule has 0 saturated carbocycles. The van der Waals surface area contributed by atoms with Gasteiger partial charge in [0.15, 0.2) is 8.46 Å². The van der Waals surface area contributed by atoms with Crippen molar-refractivity contribution < 1.29 is 4.57 Å². The highest BCUT2D eigenvalue weighted by molar-refractivity contribution is 7.26. The molecule has 70 valence electrons. The van der Waals surface area contributed by atoms with Crippen LogP contribution in [0.15, 0.2) is 0 Å². The van der Waals surface area contributed by atoms with Crippen LogP contribution in [0.3, 0.4) is 0 Å². The van der Waals surface area contributed by atoms with Gasteiger partial charge in [0.1, 0.15) is 5.28 Å². The van der Waals surface area contributed by atoms with Gasteiger partial charge >= 0.3 is 0 Å². The fourth-order valence-corrected chi connectivity index (χ4v) is 2.97. The average molecular weight is 187 g/mol. The highest BCUT2D eigenvalue weighted by Crippen LogP contribution is 2.53. The molecule has 1 aliphatic rings. The van der Waals surface area contributed by atoms with E-state index in [-0.39, 0.29) is 19.2 Å². The summed E-state index contributed by atoms with van der Waals surface area (Å²) < 4.78 is 11.0. The summed E-state index contributed by atoms with van der Waals surface area (Å²) in [6, 6.07) is 0.468. The van der Waals surface area contributed by atoms with Crippen LogP contribution < -0.4 is 0 Å². The molecule has 3 atom stereocenters. The van der Waals surface area contributed by atoms with Gasteiger partial charge in [-0.3, -0.25) is 9.46 Å². The number of likely N-dealkylation sites (N-methyl/N-ethyl adjacent to an activating group) is 1. The quantitative estimate of drug-likeness (QED) is 0.489. The van der Waals surface area contributed by atoms with E-state index in [0.717, 1.165) is 6.42 Å². The first kappa shape index (κ1) is 10.1. The summed E-state index contributed by atoms with van der Waals surface area (Å²) in [5.41, 5.74) is 0.260. The van der Waals surface area contributed by atoms with Crippen LogP contribution in [-0.2, 0) is 4.57 Å². The fourth-order valence-electron chi connectivity index (χ4n) is 1.86. The summed E-state index contributed by atoms with van der Waals surface area (Å²) in [5, 5.41) is -0.0573. The van der Waals surface area contributed by atoms with Crippen LogP contribution in [0, 0.1) is 5.41 Å². The van der Waals surface area contributed by atoms with Gasteiger partial charge in [-0.15, -0.1) is 0 Å². The number of hydrogen-bond donors (Lipinski definition) is 0. The van der Waals surface area contributed by atoms with Crippen molar-refractivity contribution in [1.29, 1.82) is 0 Å². The molecule has 0 aromatic heterocycles. The third kappa shape index (κ3) is 1.55. The monoisotopic (exact) mass is 187 g/mol. The summed E-state index contributed by atoms with van der Waals surface area (Å²) in [4.78, 5) is 2.19. The van der Waals surface area contributed by atoms with Crippen LogP contribution in [0.25, 0.3) is 0 Å². The van der Waals surface area contributed by atoms with Crippen molar-refractivity contribution in [3.63, 3.8) is 0 Å². The summed E-state index contributed by atoms with van der Waals surface area (Å²) in [6.07, 6.45) is 1.00. The topological polar surface area (TPSA) is 20.1 Å². The molecule has 3 unspecified atom stereocenters. The van der Waals surface area contributed by atoms with Crippen LogP contribution in [0.2, 0.25) is 0 Å². The first-order chi connectivity index (χ1) is 5.33. The molecule has 12 heavy (non-hydrogen) atoms. The Hall–Kier alpha value is 0.0600. The van der Waals surface area contributed by atoms with E-state index in [1.165, 1.54) is 0 Å². The van der Waals surface area contributed by atoms with Crippen LogP contribution in [-0.4, -0.2) is 23.3 Å². The van der Waals surface area contributed by atoms with Gasteiger partial charge in [0.05, 0.1) is 0 Å². The highest BCUT2D eigenvalue weighted by Gasteiger charge is 2.60. The van der Waals surface area contributed by atoms with Gasteiger partial charge in [0, 0.05) is 6.04 Å². The van der Waals surface area contributed by atoms with Crippen molar-refractivity contribution in [3.8, 4) is 0 Å². The zero-order valence-corrected chi connectivity index (χ0v) is 9.48. The second-order valence-electron chi connectivity index (χ2n) is 4.99. The van der Waals surface area contributed by atoms with E-state index in [9.17, 15) is 4.57 Å². The van der Waals surface area contributed by atoms with Crippen molar-refractivity contribution in [1.82, 2.24) is 4.90 Å². The predicted molar refractivity (Wildman–Crippen MR) is 51.6 cm³/mol. The predicted octanol–water partition coefficient (Wildman–Crippen LogP) is 2.74. The van der Waals surface area contributed by atoms with Gasteiger partial charge < -0.3 is 0 Å². The van der Waals surface area contributed by atoms with E-state index in [2.05, 4.69) is 32.6 Å². The number of hydrogen-bond acceptors (Lipinski definition) is 2. The molecule has 0 aromatic carbocycles. The van der Waals surface area contributed by atoms with Crippen molar-refractivity contribution in [2.75, 3.05) is 7.05 Å². The van der Waals surface area contributed by atoms with Gasteiger partial charge in [0.25, 0.3) is 0 Å². The number of nitrogens with zero attached hydrogens (tertiary/aromatic N) is 1. The molecule has 1 aliphatic heterocycles. The molecule has 0 N–H and O–H groups in total. The Labute approximate surface area is 76.5 Å². The Morgan fingerprint density at radius 1 is 1.50 bits per heavy atom. The molecule has 0 radical (unpaired) electrons. The van der Waals surface area contributed by atoms with Crippen molar-refractivity contribution in [2.24, 2.45) is 5.41 Å². The van der Waals surface area contributed by atoms with Gasteiger partial charge in [-0.25, -0.2) is 0 Å². The minimum absolute atomic E-state index is 0.0573. The lowest BCUT2D eigenvalue weighted by Crippen LogP contribution is -2.19. The lowest BCUT2D eigenvalue weighted by atomic mass is 9.89. The normalized spacial score (nSPS) is 41.8. The van der Waals surface area contributed by atoms with Crippen molar-refractivity contribution >= 4 is 8.46 Å². The Morgan fingerprint density at radius 2 is 1.92 bits per heavy atom. The van der Waals surface area contributed by atoms with E-state index in [0.29, 0.717) is 6.04 Å². The maximum atomic E-state index is 11.0. The minimum Gasteiger partial charge on any atom is -0.284 e. The first-order valence-electron chi connectivity index (χ1n) is 4.41. The maximum Gasteiger partial charge on any atom is 0.179 e.